The van der Waals surface area contributed by atoms with Crippen LogP contribution in [0.1, 0.15) is 23.4 Å². The quantitative estimate of drug-likeness (QED) is 0.388. The number of thiophene rings is 1. The Hall–Kier alpha value is -4.02. The molecule has 4 rings (SSSR count). The molecule has 1 N–H and O–H groups in total. The molecule has 0 saturated heterocycles. The number of carbonyl (C=O) groups excluding carboxylic acids is 3. The number of amides is 1. The van der Waals surface area contributed by atoms with Crippen molar-refractivity contribution in [1.29, 1.82) is 0 Å². The molecule has 1 aromatic carbocycles. The summed E-state index contributed by atoms with van der Waals surface area (Å²) < 4.78 is 9.49. The van der Waals surface area contributed by atoms with E-state index in [-0.39, 0.29) is 11.3 Å². The van der Waals surface area contributed by atoms with Crippen LogP contribution in [0.4, 0.5) is 10.5 Å². The number of rotatable bonds is 7. The van der Waals surface area contributed by atoms with E-state index < -0.39 is 24.1 Å². The van der Waals surface area contributed by atoms with Crippen LogP contribution in [0, 0.1) is 0 Å². The van der Waals surface area contributed by atoms with Crippen molar-refractivity contribution in [3.63, 3.8) is 0 Å². The number of likely N-dealkylation sites (N-methyl/N-ethyl adjacent to an activating group) is 1. The summed E-state index contributed by atoms with van der Waals surface area (Å²) in [4.78, 5) is 43.9. The van der Waals surface area contributed by atoms with E-state index in [4.69, 9.17) is 4.74 Å². The van der Waals surface area contributed by atoms with Crippen molar-refractivity contribution in [2.45, 2.75) is 19.5 Å². The molecule has 180 valence electrons. The highest BCUT2D eigenvalue weighted by Gasteiger charge is 2.45. The van der Waals surface area contributed by atoms with Gasteiger partial charge in [-0.25, -0.2) is 14.6 Å². The number of anilines is 1. The van der Waals surface area contributed by atoms with Gasteiger partial charge >= 0.3 is 12.1 Å². The molecule has 1 unspecified atom stereocenters. The van der Waals surface area contributed by atoms with Crippen molar-refractivity contribution in [2.24, 2.45) is 0 Å². The van der Waals surface area contributed by atoms with Crippen LogP contribution in [0.25, 0.3) is 0 Å². The van der Waals surface area contributed by atoms with Gasteiger partial charge < -0.3 is 14.8 Å². The van der Waals surface area contributed by atoms with Crippen LogP contribution in [0.3, 0.4) is 0 Å². The maximum Gasteiger partial charge on any atom is 0.516 e. The summed E-state index contributed by atoms with van der Waals surface area (Å²) in [5, 5.41) is 8.35. The SMILES string of the molecule is CCN1C(=O)C(Nc2cccnc2)=C(C(=O)OC(=O)OC)C(c2cccs2)N1Cc1ccccc1. The minimum absolute atomic E-state index is 0.00679. The summed E-state index contributed by atoms with van der Waals surface area (Å²) in [5.41, 5.74) is 1.48. The number of methoxy groups -OCH3 is 1. The first-order chi connectivity index (χ1) is 17.0. The summed E-state index contributed by atoms with van der Waals surface area (Å²) in [6, 6.07) is 16.1. The van der Waals surface area contributed by atoms with Crippen LogP contribution in [0.5, 0.6) is 0 Å². The number of aromatic nitrogens is 1. The lowest BCUT2D eigenvalue weighted by atomic mass is 9.98. The minimum atomic E-state index is -1.16. The van der Waals surface area contributed by atoms with Crippen LogP contribution in [-0.4, -0.2) is 46.7 Å². The Morgan fingerprint density at radius 1 is 1.11 bits per heavy atom. The molecule has 0 fully saturated rings. The number of hydrazine groups is 1. The van der Waals surface area contributed by atoms with E-state index in [1.807, 2.05) is 59.8 Å². The highest BCUT2D eigenvalue weighted by molar-refractivity contribution is 7.10. The van der Waals surface area contributed by atoms with Gasteiger partial charge in [0.1, 0.15) is 5.70 Å². The molecular weight excluding hydrogens is 468 g/mol. The van der Waals surface area contributed by atoms with Crippen molar-refractivity contribution < 1.29 is 23.9 Å². The summed E-state index contributed by atoms with van der Waals surface area (Å²) in [6.07, 6.45) is 1.98. The molecule has 3 aromatic rings. The maximum absolute atomic E-state index is 13.8. The van der Waals surface area contributed by atoms with Crippen LogP contribution < -0.4 is 5.32 Å². The average Bonchev–Trinajstić information content (AvgIpc) is 3.41. The smallest absolute Gasteiger partial charge is 0.437 e. The topological polar surface area (TPSA) is 101 Å². The van der Waals surface area contributed by atoms with Gasteiger partial charge in [0.15, 0.2) is 0 Å². The molecule has 0 saturated carbocycles. The minimum Gasteiger partial charge on any atom is -0.437 e. The number of hydrogen-bond donors (Lipinski definition) is 1. The van der Waals surface area contributed by atoms with E-state index in [0.29, 0.717) is 18.8 Å². The lowest BCUT2D eigenvalue weighted by molar-refractivity contribution is -0.156. The number of carbonyl (C=O) groups is 3. The van der Waals surface area contributed by atoms with Crippen molar-refractivity contribution in [3.8, 4) is 0 Å². The van der Waals surface area contributed by atoms with Gasteiger partial charge in [-0.05, 0) is 36.1 Å². The van der Waals surface area contributed by atoms with Crippen LogP contribution in [0.2, 0.25) is 0 Å². The number of benzene rings is 1. The molecule has 0 radical (unpaired) electrons. The predicted octanol–water partition coefficient (Wildman–Crippen LogP) is 4.14. The number of hydrogen-bond acceptors (Lipinski definition) is 9. The zero-order valence-electron chi connectivity index (χ0n) is 19.2. The fourth-order valence-corrected chi connectivity index (χ4v) is 4.72. The van der Waals surface area contributed by atoms with Gasteiger partial charge in [0, 0.05) is 24.2 Å². The first kappa shape index (κ1) is 24.1. The Morgan fingerprint density at radius 3 is 2.54 bits per heavy atom. The second-order valence-electron chi connectivity index (χ2n) is 7.52. The molecule has 1 aliphatic rings. The lowest BCUT2D eigenvalue weighted by Crippen LogP contribution is -2.54. The molecule has 1 amide bonds. The van der Waals surface area contributed by atoms with E-state index in [1.165, 1.54) is 17.5 Å². The molecule has 0 spiro atoms. The number of nitrogens with zero attached hydrogens (tertiary/aromatic N) is 3. The lowest BCUT2D eigenvalue weighted by Gasteiger charge is -2.44. The molecule has 2 aromatic heterocycles. The standard InChI is InChI=1S/C25H24N4O5S/c1-3-28-23(30)21(27-18-11-7-13-26-15-18)20(24(31)34-25(32)33-2)22(19-12-8-14-35-19)29(28)16-17-9-5-4-6-10-17/h4-15,22,27H,3,16H2,1-2H3. The van der Waals surface area contributed by atoms with Crippen molar-refractivity contribution in [3.05, 3.63) is 94.1 Å². The third-order valence-electron chi connectivity index (χ3n) is 5.39. The number of pyridine rings is 1. The zero-order valence-corrected chi connectivity index (χ0v) is 20.0. The molecule has 0 aliphatic carbocycles. The van der Waals surface area contributed by atoms with Crippen molar-refractivity contribution in [1.82, 2.24) is 15.0 Å². The highest BCUT2D eigenvalue weighted by Crippen LogP contribution is 2.40. The van der Waals surface area contributed by atoms with Crippen molar-refractivity contribution in [2.75, 3.05) is 19.0 Å². The third kappa shape index (κ3) is 5.23. The Morgan fingerprint density at radius 2 is 1.91 bits per heavy atom. The molecule has 1 atom stereocenters. The normalized spacial score (nSPS) is 16.2. The van der Waals surface area contributed by atoms with Gasteiger partial charge in [-0.2, -0.15) is 0 Å². The Balaban J connectivity index is 1.90. The fourth-order valence-electron chi connectivity index (χ4n) is 3.88. The van der Waals surface area contributed by atoms with E-state index >= 15 is 0 Å². The highest BCUT2D eigenvalue weighted by atomic mass is 32.1. The molecule has 3 heterocycles. The monoisotopic (exact) mass is 492 g/mol. The molecule has 10 heteroatoms. The number of nitrogens with one attached hydrogen (secondary N) is 1. The second kappa shape index (κ2) is 10.9. The third-order valence-corrected chi connectivity index (χ3v) is 6.32. The van der Waals surface area contributed by atoms with E-state index in [9.17, 15) is 14.4 Å². The zero-order chi connectivity index (χ0) is 24.8. The van der Waals surface area contributed by atoms with Crippen LogP contribution >= 0.6 is 11.3 Å². The predicted molar refractivity (Wildman–Crippen MR) is 130 cm³/mol. The summed E-state index contributed by atoms with van der Waals surface area (Å²) in [5.74, 6) is -1.40. The van der Waals surface area contributed by atoms with Crippen LogP contribution in [-0.2, 0) is 25.6 Å². The van der Waals surface area contributed by atoms with Gasteiger partial charge in [0.25, 0.3) is 5.91 Å². The first-order valence-electron chi connectivity index (χ1n) is 10.9. The Bertz CT molecular complexity index is 1220. The van der Waals surface area contributed by atoms with Crippen molar-refractivity contribution >= 4 is 35.1 Å². The van der Waals surface area contributed by atoms with E-state index in [2.05, 4.69) is 15.0 Å². The molecule has 35 heavy (non-hydrogen) atoms. The van der Waals surface area contributed by atoms with Crippen LogP contribution in [0.15, 0.2) is 83.6 Å². The molecule has 0 bridgehead atoms. The molecule has 1 aliphatic heterocycles. The van der Waals surface area contributed by atoms with E-state index in [0.717, 1.165) is 17.6 Å². The number of esters is 1. The fraction of sp³-hybridized carbons (Fsp3) is 0.200. The Kier molecular flexibility index (Phi) is 7.54. The van der Waals surface area contributed by atoms with E-state index in [1.54, 1.807) is 23.3 Å². The summed E-state index contributed by atoms with van der Waals surface area (Å²) >= 11 is 1.43. The first-order valence-corrected chi connectivity index (χ1v) is 11.8. The Labute approximate surface area is 206 Å². The van der Waals surface area contributed by atoms with Gasteiger partial charge in [-0.3, -0.25) is 14.8 Å². The van der Waals surface area contributed by atoms with Gasteiger partial charge in [0.2, 0.25) is 0 Å². The maximum atomic E-state index is 13.8. The largest absolute Gasteiger partial charge is 0.516 e. The summed E-state index contributed by atoms with van der Waals surface area (Å²) in [6.45, 7) is 2.56. The summed E-state index contributed by atoms with van der Waals surface area (Å²) in [7, 11) is 1.11. The van der Waals surface area contributed by atoms with Gasteiger partial charge in [-0.1, -0.05) is 36.4 Å². The molecule has 9 nitrogen and oxygen atoms in total. The van der Waals surface area contributed by atoms with Gasteiger partial charge in [0.05, 0.1) is 30.6 Å². The number of ether oxygens (including phenoxy) is 2. The second-order valence-corrected chi connectivity index (χ2v) is 8.50. The average molecular weight is 493 g/mol. The molecular formula is C25H24N4O5S. The van der Waals surface area contributed by atoms with Gasteiger partial charge in [-0.15, -0.1) is 11.3 Å².